The van der Waals surface area contributed by atoms with Gasteiger partial charge in [0.25, 0.3) is 11.6 Å². The van der Waals surface area contributed by atoms with Gasteiger partial charge in [-0.15, -0.1) is 0 Å². The van der Waals surface area contributed by atoms with Gasteiger partial charge in [-0.3, -0.25) is 14.9 Å². The molecule has 24 heavy (non-hydrogen) atoms. The number of anilines is 1. The average Bonchev–Trinajstić information content (AvgIpc) is 3.08. The number of hydrogen-bond donors (Lipinski definition) is 0. The summed E-state index contributed by atoms with van der Waals surface area (Å²) >= 11 is 6.25. The summed E-state index contributed by atoms with van der Waals surface area (Å²) in [5.74, 6) is 0.194. The van der Waals surface area contributed by atoms with E-state index in [1.165, 1.54) is 18.4 Å². The molecule has 0 aliphatic carbocycles. The Morgan fingerprint density at radius 3 is 2.54 bits per heavy atom. The van der Waals surface area contributed by atoms with Crippen molar-refractivity contribution in [3.8, 4) is 0 Å². The molecule has 8 heteroatoms. The van der Waals surface area contributed by atoms with Crippen LogP contribution in [0.5, 0.6) is 0 Å². The molecule has 1 aliphatic heterocycles. The van der Waals surface area contributed by atoms with Gasteiger partial charge in [0, 0.05) is 38.3 Å². The standard InChI is InChI=1S/C16H16ClN3O4/c1-11-9-12(20(22)23)10-13(17)15(11)18-4-6-19(7-5-18)16(21)14-3-2-8-24-14/h2-3,8-10H,4-7H2,1H3. The topological polar surface area (TPSA) is 79.8 Å². The van der Waals surface area contributed by atoms with Crippen LogP contribution in [0, 0.1) is 17.0 Å². The van der Waals surface area contributed by atoms with Gasteiger partial charge in [0.2, 0.25) is 0 Å². The Balaban J connectivity index is 1.73. The number of piperazine rings is 1. The van der Waals surface area contributed by atoms with Gasteiger partial charge in [-0.2, -0.15) is 0 Å². The Labute approximate surface area is 143 Å². The second-order valence-corrected chi connectivity index (χ2v) is 6.01. The molecule has 7 nitrogen and oxygen atoms in total. The summed E-state index contributed by atoms with van der Waals surface area (Å²) in [6.07, 6.45) is 1.48. The van der Waals surface area contributed by atoms with E-state index in [0.29, 0.717) is 37.0 Å². The van der Waals surface area contributed by atoms with Crippen LogP contribution in [0.3, 0.4) is 0 Å². The summed E-state index contributed by atoms with van der Waals surface area (Å²) < 4.78 is 5.14. The molecule has 0 bridgehead atoms. The lowest BCUT2D eigenvalue weighted by atomic mass is 10.1. The monoisotopic (exact) mass is 349 g/mol. The van der Waals surface area contributed by atoms with Gasteiger partial charge in [0.05, 0.1) is 21.9 Å². The van der Waals surface area contributed by atoms with Crippen molar-refractivity contribution in [2.45, 2.75) is 6.92 Å². The van der Waals surface area contributed by atoms with Crippen molar-refractivity contribution in [2.24, 2.45) is 0 Å². The number of carbonyl (C=O) groups excluding carboxylic acids is 1. The SMILES string of the molecule is Cc1cc([N+](=O)[O-])cc(Cl)c1N1CCN(C(=O)c2ccco2)CC1. The first-order chi connectivity index (χ1) is 11.5. The molecule has 0 spiro atoms. The number of benzene rings is 1. The normalized spacial score (nSPS) is 14.8. The van der Waals surface area contributed by atoms with Gasteiger partial charge in [0.1, 0.15) is 0 Å². The predicted molar refractivity (Wildman–Crippen MR) is 89.7 cm³/mol. The van der Waals surface area contributed by atoms with Gasteiger partial charge >= 0.3 is 0 Å². The number of nitro groups is 1. The maximum absolute atomic E-state index is 12.3. The molecule has 1 aromatic heterocycles. The molecule has 0 radical (unpaired) electrons. The highest BCUT2D eigenvalue weighted by molar-refractivity contribution is 6.33. The summed E-state index contributed by atoms with van der Waals surface area (Å²) in [5, 5.41) is 11.3. The molecule has 1 aliphatic rings. The van der Waals surface area contributed by atoms with Crippen molar-refractivity contribution >= 4 is 28.9 Å². The maximum Gasteiger partial charge on any atom is 0.289 e. The molecule has 3 rings (SSSR count). The van der Waals surface area contributed by atoms with E-state index >= 15 is 0 Å². The lowest BCUT2D eigenvalue weighted by Gasteiger charge is -2.36. The number of non-ortho nitro benzene ring substituents is 1. The minimum absolute atomic E-state index is 0.0205. The number of rotatable bonds is 3. The van der Waals surface area contributed by atoms with Crippen LogP contribution < -0.4 is 4.90 Å². The summed E-state index contributed by atoms with van der Waals surface area (Å²) in [7, 11) is 0. The molecule has 0 N–H and O–H groups in total. The van der Waals surface area contributed by atoms with E-state index in [0.717, 1.165) is 11.3 Å². The van der Waals surface area contributed by atoms with Gasteiger partial charge in [-0.25, -0.2) is 0 Å². The number of nitrogens with zero attached hydrogens (tertiary/aromatic N) is 3. The van der Waals surface area contributed by atoms with Crippen LogP contribution in [-0.4, -0.2) is 41.9 Å². The first kappa shape index (κ1) is 16.3. The van der Waals surface area contributed by atoms with Crippen molar-refractivity contribution < 1.29 is 14.1 Å². The molecule has 0 unspecified atom stereocenters. The molecule has 0 atom stereocenters. The molecule has 126 valence electrons. The smallest absolute Gasteiger partial charge is 0.289 e. The van der Waals surface area contributed by atoms with Crippen LogP contribution in [0.4, 0.5) is 11.4 Å². The Bertz CT molecular complexity index is 745. The minimum Gasteiger partial charge on any atom is -0.459 e. The first-order valence-electron chi connectivity index (χ1n) is 7.49. The zero-order chi connectivity index (χ0) is 17.3. The van der Waals surface area contributed by atoms with E-state index < -0.39 is 4.92 Å². The van der Waals surface area contributed by atoms with Crippen LogP contribution in [0.2, 0.25) is 5.02 Å². The molecule has 1 saturated heterocycles. The zero-order valence-corrected chi connectivity index (χ0v) is 13.8. The second kappa shape index (κ2) is 6.52. The highest BCUT2D eigenvalue weighted by atomic mass is 35.5. The second-order valence-electron chi connectivity index (χ2n) is 5.61. The van der Waals surface area contributed by atoms with Gasteiger partial charge in [-0.1, -0.05) is 11.6 Å². The number of carbonyl (C=O) groups is 1. The Kier molecular flexibility index (Phi) is 4.44. The van der Waals surface area contributed by atoms with Crippen molar-refractivity contribution in [3.63, 3.8) is 0 Å². The number of furan rings is 1. The van der Waals surface area contributed by atoms with Crippen LogP contribution in [0.25, 0.3) is 0 Å². The fourth-order valence-corrected chi connectivity index (χ4v) is 3.29. The molecule has 1 aromatic carbocycles. The molecular formula is C16H16ClN3O4. The summed E-state index contributed by atoms with van der Waals surface area (Å²) in [6.45, 7) is 4.07. The third kappa shape index (κ3) is 3.07. The largest absolute Gasteiger partial charge is 0.459 e. The average molecular weight is 350 g/mol. The van der Waals surface area contributed by atoms with Crippen molar-refractivity contribution in [1.82, 2.24) is 4.90 Å². The van der Waals surface area contributed by atoms with Crippen molar-refractivity contribution in [2.75, 3.05) is 31.1 Å². The highest BCUT2D eigenvalue weighted by Crippen LogP contribution is 2.34. The first-order valence-corrected chi connectivity index (χ1v) is 7.87. The number of amides is 1. The summed E-state index contributed by atoms with van der Waals surface area (Å²) in [4.78, 5) is 26.5. The van der Waals surface area contributed by atoms with E-state index in [9.17, 15) is 14.9 Å². The van der Waals surface area contributed by atoms with Gasteiger partial charge in [0.15, 0.2) is 5.76 Å². The molecule has 1 amide bonds. The molecule has 2 heterocycles. The van der Waals surface area contributed by atoms with E-state index in [-0.39, 0.29) is 11.6 Å². The fourth-order valence-electron chi connectivity index (χ4n) is 2.91. The molecular weight excluding hydrogens is 334 g/mol. The molecule has 1 fully saturated rings. The lowest BCUT2D eigenvalue weighted by Crippen LogP contribution is -2.49. The maximum atomic E-state index is 12.3. The van der Waals surface area contributed by atoms with Crippen LogP contribution in [0.1, 0.15) is 16.1 Å². The number of nitro benzene ring substituents is 1. The van der Waals surface area contributed by atoms with E-state index in [2.05, 4.69) is 0 Å². The Morgan fingerprint density at radius 2 is 2.00 bits per heavy atom. The van der Waals surface area contributed by atoms with Crippen molar-refractivity contribution in [3.05, 3.63) is 57.0 Å². The Hall–Kier alpha value is -2.54. The number of aryl methyl sites for hydroxylation is 1. The zero-order valence-electron chi connectivity index (χ0n) is 13.1. The minimum atomic E-state index is -0.456. The number of hydrogen-bond acceptors (Lipinski definition) is 5. The van der Waals surface area contributed by atoms with E-state index in [1.807, 2.05) is 4.90 Å². The quantitative estimate of drug-likeness (QED) is 0.628. The predicted octanol–water partition coefficient (Wildman–Crippen LogP) is 3.11. The highest BCUT2D eigenvalue weighted by Gasteiger charge is 2.26. The van der Waals surface area contributed by atoms with Crippen LogP contribution in [-0.2, 0) is 0 Å². The van der Waals surface area contributed by atoms with Crippen LogP contribution >= 0.6 is 11.6 Å². The Morgan fingerprint density at radius 1 is 1.29 bits per heavy atom. The summed E-state index contributed by atoms with van der Waals surface area (Å²) in [5.41, 5.74) is 1.51. The van der Waals surface area contributed by atoms with Gasteiger partial charge in [-0.05, 0) is 24.6 Å². The third-order valence-corrected chi connectivity index (χ3v) is 4.35. The number of halogens is 1. The third-order valence-electron chi connectivity index (χ3n) is 4.06. The van der Waals surface area contributed by atoms with E-state index in [4.69, 9.17) is 16.0 Å². The molecule has 2 aromatic rings. The molecule has 0 saturated carbocycles. The fraction of sp³-hybridized carbons (Fsp3) is 0.312. The summed E-state index contributed by atoms with van der Waals surface area (Å²) in [6, 6.07) is 6.21. The van der Waals surface area contributed by atoms with E-state index in [1.54, 1.807) is 24.0 Å². The van der Waals surface area contributed by atoms with Gasteiger partial charge < -0.3 is 14.2 Å². The lowest BCUT2D eigenvalue weighted by molar-refractivity contribution is -0.384. The van der Waals surface area contributed by atoms with Crippen molar-refractivity contribution in [1.29, 1.82) is 0 Å². The van der Waals surface area contributed by atoms with Crippen LogP contribution in [0.15, 0.2) is 34.9 Å².